The Kier molecular flexibility index (Phi) is 6.62. The number of nitrogens with one attached hydrogen (secondary N) is 1. The van der Waals surface area contributed by atoms with E-state index in [1.54, 1.807) is 0 Å². The molecule has 0 aliphatic carbocycles. The van der Waals surface area contributed by atoms with Crippen LogP contribution >= 0.6 is 11.6 Å². The fourth-order valence-electron chi connectivity index (χ4n) is 5.14. The minimum absolute atomic E-state index is 0.331. The van der Waals surface area contributed by atoms with Gasteiger partial charge in [-0.25, -0.2) is 9.97 Å². The molecule has 0 amide bonds. The highest BCUT2D eigenvalue weighted by atomic mass is 35.5. The van der Waals surface area contributed by atoms with Crippen LogP contribution in [0.4, 0.5) is 5.95 Å². The highest BCUT2D eigenvalue weighted by molar-refractivity contribution is 6.30. The second-order valence-electron chi connectivity index (χ2n) is 9.43. The Hall–Kier alpha value is -3.35. The Morgan fingerprint density at radius 3 is 2.58 bits per heavy atom. The summed E-state index contributed by atoms with van der Waals surface area (Å²) < 4.78 is 11.0. The summed E-state index contributed by atoms with van der Waals surface area (Å²) >= 11 is 6.10. The van der Waals surface area contributed by atoms with E-state index in [9.17, 15) is 0 Å². The number of hydrogen-bond acceptors (Lipinski definition) is 6. The van der Waals surface area contributed by atoms with E-state index < -0.39 is 0 Å². The van der Waals surface area contributed by atoms with Crippen LogP contribution < -0.4 is 14.8 Å². The van der Waals surface area contributed by atoms with Crippen LogP contribution in [0.1, 0.15) is 30.7 Å². The molecule has 7 heteroatoms. The smallest absolute Gasteiger partial charge is 0.231 e. The molecule has 0 saturated carbocycles. The van der Waals surface area contributed by atoms with Crippen molar-refractivity contribution in [3.63, 3.8) is 0 Å². The lowest BCUT2D eigenvalue weighted by Gasteiger charge is -2.32. The van der Waals surface area contributed by atoms with Gasteiger partial charge in [0.15, 0.2) is 11.5 Å². The van der Waals surface area contributed by atoms with E-state index >= 15 is 0 Å². The molecule has 6 nitrogen and oxygen atoms in total. The monoisotopic (exact) mass is 500 g/mol. The Labute approximate surface area is 216 Å². The van der Waals surface area contributed by atoms with E-state index in [1.165, 1.54) is 18.4 Å². The summed E-state index contributed by atoms with van der Waals surface area (Å²) in [6.45, 7) is 4.47. The van der Waals surface area contributed by atoms with Crippen molar-refractivity contribution >= 4 is 28.5 Å². The zero-order valence-corrected chi connectivity index (χ0v) is 20.9. The zero-order chi connectivity index (χ0) is 24.3. The van der Waals surface area contributed by atoms with Crippen molar-refractivity contribution in [2.24, 2.45) is 0 Å². The van der Waals surface area contributed by atoms with Crippen molar-refractivity contribution in [2.45, 2.75) is 25.2 Å². The van der Waals surface area contributed by atoms with E-state index in [0.29, 0.717) is 18.7 Å². The Bertz CT molecular complexity index is 1350. The number of anilines is 1. The van der Waals surface area contributed by atoms with E-state index in [-0.39, 0.29) is 0 Å². The predicted molar refractivity (Wildman–Crippen MR) is 144 cm³/mol. The largest absolute Gasteiger partial charge is 0.454 e. The first-order valence-corrected chi connectivity index (χ1v) is 13.0. The molecule has 0 bridgehead atoms. The van der Waals surface area contributed by atoms with Crippen molar-refractivity contribution in [2.75, 3.05) is 38.3 Å². The van der Waals surface area contributed by atoms with E-state index in [0.717, 1.165) is 71.3 Å². The normalized spacial score (nSPS) is 15.9. The third-order valence-electron chi connectivity index (χ3n) is 7.11. The van der Waals surface area contributed by atoms with Gasteiger partial charge in [-0.05, 0) is 80.7 Å². The number of nitrogens with zero attached hydrogens (tertiary/aromatic N) is 3. The van der Waals surface area contributed by atoms with Gasteiger partial charge in [0.1, 0.15) is 0 Å². The first-order chi connectivity index (χ1) is 17.7. The van der Waals surface area contributed by atoms with E-state index in [1.807, 2.05) is 48.5 Å². The fourth-order valence-corrected chi connectivity index (χ4v) is 5.27. The van der Waals surface area contributed by atoms with Crippen LogP contribution in [0.3, 0.4) is 0 Å². The van der Waals surface area contributed by atoms with Crippen LogP contribution in [0.5, 0.6) is 11.5 Å². The molecule has 3 aromatic carbocycles. The van der Waals surface area contributed by atoms with Crippen LogP contribution in [0.2, 0.25) is 5.02 Å². The van der Waals surface area contributed by atoms with Crippen molar-refractivity contribution in [3.8, 4) is 22.8 Å². The van der Waals surface area contributed by atoms with Gasteiger partial charge >= 0.3 is 0 Å². The first-order valence-electron chi connectivity index (χ1n) is 12.6. The summed E-state index contributed by atoms with van der Waals surface area (Å²) in [4.78, 5) is 12.2. The topological polar surface area (TPSA) is 59.5 Å². The van der Waals surface area contributed by atoms with Gasteiger partial charge in [-0.1, -0.05) is 48.0 Å². The molecule has 0 radical (unpaired) electrons. The van der Waals surface area contributed by atoms with Gasteiger partial charge in [-0.3, -0.25) is 0 Å². The number of piperidine rings is 1. The molecule has 2 aliphatic rings. The second kappa shape index (κ2) is 10.3. The molecule has 4 aromatic rings. The number of ether oxygens (including phenoxy) is 2. The minimum atomic E-state index is 0.331. The average Bonchev–Trinajstić information content (AvgIpc) is 3.40. The van der Waals surface area contributed by atoms with Crippen molar-refractivity contribution in [1.82, 2.24) is 14.9 Å². The summed E-state index contributed by atoms with van der Waals surface area (Å²) in [6, 6.07) is 22.3. The number of rotatable bonds is 7. The molecule has 1 saturated heterocycles. The van der Waals surface area contributed by atoms with Crippen LogP contribution in [-0.4, -0.2) is 47.8 Å². The third-order valence-corrected chi connectivity index (χ3v) is 7.36. The van der Waals surface area contributed by atoms with Crippen molar-refractivity contribution < 1.29 is 9.47 Å². The van der Waals surface area contributed by atoms with Gasteiger partial charge in [0, 0.05) is 22.5 Å². The third kappa shape index (κ3) is 4.97. The Balaban J connectivity index is 1.04. The maximum absolute atomic E-state index is 6.10. The highest BCUT2D eigenvalue weighted by Crippen LogP contribution is 2.37. The van der Waals surface area contributed by atoms with E-state index in [4.69, 9.17) is 31.0 Å². The summed E-state index contributed by atoms with van der Waals surface area (Å²) in [6.07, 6.45) is 3.39. The highest BCUT2D eigenvalue weighted by Gasteiger charge is 2.23. The van der Waals surface area contributed by atoms with Gasteiger partial charge < -0.3 is 19.7 Å². The number of hydrogen-bond donors (Lipinski definition) is 1. The second-order valence-corrected chi connectivity index (χ2v) is 9.87. The standard InChI is InChI=1S/C29H29ClN4O2/c30-23-9-6-21(7-10-23)28-24-4-1-2-5-25(24)32-29(33-28)31-14-3-15-34-16-12-20(13-17-34)22-8-11-26-27(18-22)36-19-35-26/h1-2,4-11,18,20H,3,12-17,19H2,(H,31,32,33). The summed E-state index contributed by atoms with van der Waals surface area (Å²) in [5.74, 6) is 3.00. The quantitative estimate of drug-likeness (QED) is 0.298. The molecular formula is C29H29ClN4O2. The SMILES string of the molecule is Clc1ccc(-c2nc(NCCCN3CCC(c4ccc5c(c4)OCO5)CC3)nc3ccccc23)cc1. The van der Waals surface area contributed by atoms with Crippen LogP contribution in [0, 0.1) is 0 Å². The van der Waals surface area contributed by atoms with Gasteiger partial charge in [0.2, 0.25) is 12.7 Å². The van der Waals surface area contributed by atoms with Gasteiger partial charge in [-0.2, -0.15) is 0 Å². The first kappa shape index (κ1) is 23.1. The molecule has 1 aromatic heterocycles. The Morgan fingerprint density at radius 2 is 1.72 bits per heavy atom. The van der Waals surface area contributed by atoms with Gasteiger partial charge in [0.25, 0.3) is 0 Å². The molecule has 1 N–H and O–H groups in total. The molecule has 0 atom stereocenters. The van der Waals surface area contributed by atoms with Gasteiger partial charge in [0.05, 0.1) is 11.2 Å². The molecule has 0 unspecified atom stereocenters. The maximum Gasteiger partial charge on any atom is 0.231 e. The number of aromatic nitrogens is 2. The number of benzene rings is 3. The molecule has 6 rings (SSSR count). The lowest BCUT2D eigenvalue weighted by molar-refractivity contribution is 0.174. The Morgan fingerprint density at radius 1 is 0.917 bits per heavy atom. The predicted octanol–water partition coefficient (Wildman–Crippen LogP) is 6.36. The average molecular weight is 501 g/mol. The van der Waals surface area contributed by atoms with Crippen LogP contribution in [0.15, 0.2) is 66.7 Å². The van der Waals surface area contributed by atoms with E-state index in [2.05, 4.69) is 28.4 Å². The maximum atomic E-state index is 6.10. The molecule has 3 heterocycles. The summed E-state index contributed by atoms with van der Waals surface area (Å²) in [5, 5.41) is 5.21. The lowest BCUT2D eigenvalue weighted by atomic mass is 9.89. The number of halogens is 1. The zero-order valence-electron chi connectivity index (χ0n) is 20.1. The van der Waals surface area contributed by atoms with Gasteiger partial charge in [-0.15, -0.1) is 0 Å². The van der Waals surface area contributed by atoms with Crippen LogP contribution in [-0.2, 0) is 0 Å². The summed E-state index contributed by atoms with van der Waals surface area (Å²) in [7, 11) is 0. The molecule has 184 valence electrons. The number of para-hydroxylation sites is 1. The minimum Gasteiger partial charge on any atom is -0.454 e. The van der Waals surface area contributed by atoms with Crippen LogP contribution in [0.25, 0.3) is 22.2 Å². The number of likely N-dealkylation sites (tertiary alicyclic amines) is 1. The molecule has 36 heavy (non-hydrogen) atoms. The fraction of sp³-hybridized carbons (Fsp3) is 0.310. The molecule has 1 fully saturated rings. The molecular weight excluding hydrogens is 472 g/mol. The molecule has 2 aliphatic heterocycles. The molecule has 0 spiro atoms. The van der Waals surface area contributed by atoms with Crippen molar-refractivity contribution in [3.05, 3.63) is 77.3 Å². The van der Waals surface area contributed by atoms with Crippen molar-refractivity contribution in [1.29, 1.82) is 0 Å². The summed E-state index contributed by atoms with van der Waals surface area (Å²) in [5.41, 5.74) is 4.26. The number of fused-ring (bicyclic) bond motifs is 2. The lowest BCUT2D eigenvalue weighted by Crippen LogP contribution is -2.34.